The minimum absolute atomic E-state index is 0.0953. The van der Waals surface area contributed by atoms with Gasteiger partial charge in [-0.15, -0.1) is 0 Å². The van der Waals surface area contributed by atoms with Gasteiger partial charge >= 0.3 is 0 Å². The normalized spacial score (nSPS) is 10.9. The quantitative estimate of drug-likeness (QED) is 0.733. The topological polar surface area (TPSA) is 77.2 Å². The van der Waals surface area contributed by atoms with E-state index in [2.05, 4.69) is 15.3 Å². The van der Waals surface area contributed by atoms with E-state index in [9.17, 15) is 9.18 Å². The minimum atomic E-state index is -0.365. The summed E-state index contributed by atoms with van der Waals surface area (Å²) >= 11 is 0. The zero-order chi connectivity index (χ0) is 18.7. The fraction of sp³-hybridized carbons (Fsp3) is 0.316. The molecule has 0 aliphatic carbocycles. The highest BCUT2D eigenvalue weighted by molar-refractivity contribution is 5.84. The molecule has 3 aromatic rings. The smallest absolute Gasteiger partial charge is 0.258 e. The van der Waals surface area contributed by atoms with Crippen molar-refractivity contribution < 1.29 is 18.3 Å². The summed E-state index contributed by atoms with van der Waals surface area (Å²) in [5.41, 5.74) is 1.75. The van der Waals surface area contributed by atoms with Crippen LogP contribution in [-0.4, -0.2) is 22.5 Å². The van der Waals surface area contributed by atoms with Gasteiger partial charge in [-0.2, -0.15) is 9.97 Å². The number of fused-ring (bicyclic) bond motifs is 1. The van der Waals surface area contributed by atoms with Crippen LogP contribution in [0.5, 0.6) is 5.88 Å². The number of carbonyl (C=O) groups is 1. The maximum Gasteiger partial charge on any atom is 0.258 e. The van der Waals surface area contributed by atoms with Crippen molar-refractivity contribution >= 4 is 17.0 Å². The van der Waals surface area contributed by atoms with E-state index in [1.165, 1.54) is 6.07 Å². The van der Waals surface area contributed by atoms with Crippen molar-refractivity contribution in [1.29, 1.82) is 0 Å². The van der Waals surface area contributed by atoms with Gasteiger partial charge in [-0.3, -0.25) is 4.79 Å². The number of amides is 1. The van der Waals surface area contributed by atoms with Crippen molar-refractivity contribution in [3.63, 3.8) is 0 Å². The van der Waals surface area contributed by atoms with Gasteiger partial charge in [-0.25, -0.2) is 4.39 Å². The number of aromatic nitrogens is 2. The summed E-state index contributed by atoms with van der Waals surface area (Å²) in [5, 5.41) is 3.30. The third-order valence-electron chi connectivity index (χ3n) is 4.13. The fourth-order valence-corrected chi connectivity index (χ4v) is 2.54. The molecule has 0 aliphatic rings. The summed E-state index contributed by atoms with van der Waals surface area (Å²) in [7, 11) is 0. The summed E-state index contributed by atoms with van der Waals surface area (Å²) in [6.07, 6.45) is 0.616. The zero-order valence-corrected chi connectivity index (χ0v) is 14.9. The number of hydrogen-bond donors (Lipinski definition) is 1. The second kappa shape index (κ2) is 7.51. The van der Waals surface area contributed by atoms with Crippen molar-refractivity contribution in [1.82, 2.24) is 15.3 Å². The van der Waals surface area contributed by atoms with E-state index in [1.54, 1.807) is 18.2 Å². The molecule has 0 radical (unpaired) electrons. The van der Waals surface area contributed by atoms with Crippen LogP contribution in [0.3, 0.4) is 0 Å². The first-order valence-electron chi connectivity index (χ1n) is 8.39. The average Bonchev–Trinajstić information content (AvgIpc) is 2.93. The first-order valence-corrected chi connectivity index (χ1v) is 8.39. The Morgan fingerprint density at radius 1 is 1.27 bits per heavy atom. The summed E-state index contributed by atoms with van der Waals surface area (Å²) in [5.74, 6) is 0.908. The van der Waals surface area contributed by atoms with Gasteiger partial charge in [0, 0.05) is 24.1 Å². The standard InChI is InChI=1S/C19H20FN3O3/c1-4-15-22-18(17-11(2)12(3)26-19(17)23-15)25-10-16(24)21-9-13-7-5-6-8-14(13)20/h5-8H,4,9-10H2,1-3H3,(H,21,24). The van der Waals surface area contributed by atoms with Gasteiger partial charge < -0.3 is 14.5 Å². The molecule has 136 valence electrons. The number of nitrogens with one attached hydrogen (secondary N) is 1. The molecule has 0 spiro atoms. The number of hydrogen-bond acceptors (Lipinski definition) is 5. The lowest BCUT2D eigenvalue weighted by molar-refractivity contribution is -0.123. The second-order valence-electron chi connectivity index (χ2n) is 5.92. The van der Waals surface area contributed by atoms with Gasteiger partial charge in [0.1, 0.15) is 22.8 Å². The Labute approximate surface area is 150 Å². The Morgan fingerprint density at radius 3 is 2.77 bits per heavy atom. The monoisotopic (exact) mass is 357 g/mol. The molecule has 0 saturated heterocycles. The van der Waals surface area contributed by atoms with E-state index in [1.807, 2.05) is 20.8 Å². The molecule has 6 nitrogen and oxygen atoms in total. The predicted octanol–water partition coefficient (Wildman–Crippen LogP) is 3.24. The molecule has 0 fully saturated rings. The molecule has 1 N–H and O–H groups in total. The second-order valence-corrected chi connectivity index (χ2v) is 5.92. The van der Waals surface area contributed by atoms with Gasteiger partial charge in [0.15, 0.2) is 6.61 Å². The minimum Gasteiger partial charge on any atom is -0.467 e. The largest absolute Gasteiger partial charge is 0.467 e. The number of furan rings is 1. The molecule has 2 aromatic heterocycles. The van der Waals surface area contributed by atoms with E-state index >= 15 is 0 Å². The van der Waals surface area contributed by atoms with E-state index in [-0.39, 0.29) is 24.9 Å². The SMILES string of the molecule is CCc1nc(OCC(=O)NCc2ccccc2F)c2c(C)c(C)oc2n1. The Balaban J connectivity index is 1.71. The Hall–Kier alpha value is -2.96. The summed E-state index contributed by atoms with van der Waals surface area (Å²) in [4.78, 5) is 20.8. The molecule has 3 rings (SSSR count). The Kier molecular flexibility index (Phi) is 5.16. The highest BCUT2D eigenvalue weighted by Crippen LogP contribution is 2.30. The van der Waals surface area contributed by atoms with Crippen LogP contribution >= 0.6 is 0 Å². The maximum absolute atomic E-state index is 13.6. The number of halogens is 1. The van der Waals surface area contributed by atoms with Crippen molar-refractivity contribution in [2.75, 3.05) is 6.61 Å². The van der Waals surface area contributed by atoms with E-state index in [4.69, 9.17) is 9.15 Å². The number of rotatable bonds is 6. The van der Waals surface area contributed by atoms with Crippen LogP contribution < -0.4 is 10.1 Å². The summed E-state index contributed by atoms with van der Waals surface area (Å²) in [6, 6.07) is 6.29. The molecule has 2 heterocycles. The third-order valence-corrected chi connectivity index (χ3v) is 4.13. The van der Waals surface area contributed by atoms with Gasteiger partial charge in [0.05, 0.1) is 0 Å². The van der Waals surface area contributed by atoms with Gasteiger partial charge in [-0.1, -0.05) is 25.1 Å². The van der Waals surface area contributed by atoms with Crippen molar-refractivity contribution in [2.24, 2.45) is 0 Å². The van der Waals surface area contributed by atoms with Crippen LogP contribution in [0.4, 0.5) is 4.39 Å². The van der Waals surface area contributed by atoms with Crippen LogP contribution in [0.15, 0.2) is 28.7 Å². The number of nitrogens with zero attached hydrogens (tertiary/aromatic N) is 2. The van der Waals surface area contributed by atoms with Crippen LogP contribution in [0.25, 0.3) is 11.1 Å². The van der Waals surface area contributed by atoms with Crippen LogP contribution in [-0.2, 0) is 17.8 Å². The first kappa shape index (κ1) is 17.8. The molecule has 0 aliphatic heterocycles. The van der Waals surface area contributed by atoms with Crippen molar-refractivity contribution in [2.45, 2.75) is 33.7 Å². The van der Waals surface area contributed by atoms with Gasteiger partial charge in [-0.05, 0) is 19.9 Å². The maximum atomic E-state index is 13.6. The van der Waals surface area contributed by atoms with Crippen molar-refractivity contribution in [3.8, 4) is 5.88 Å². The number of ether oxygens (including phenoxy) is 1. The molecular weight excluding hydrogens is 337 g/mol. The third kappa shape index (κ3) is 3.66. The first-order chi connectivity index (χ1) is 12.5. The van der Waals surface area contributed by atoms with Crippen LogP contribution in [0, 0.1) is 19.7 Å². The molecule has 0 bridgehead atoms. The van der Waals surface area contributed by atoms with E-state index < -0.39 is 0 Å². The van der Waals surface area contributed by atoms with Gasteiger partial charge in [0.2, 0.25) is 11.6 Å². The van der Waals surface area contributed by atoms with Crippen LogP contribution in [0.1, 0.15) is 29.6 Å². The lowest BCUT2D eigenvalue weighted by Crippen LogP contribution is -2.29. The molecule has 0 saturated carbocycles. The average molecular weight is 357 g/mol. The molecule has 1 amide bonds. The number of benzene rings is 1. The predicted molar refractivity (Wildman–Crippen MR) is 94.4 cm³/mol. The molecule has 0 atom stereocenters. The molecule has 7 heteroatoms. The van der Waals surface area contributed by atoms with Gasteiger partial charge in [0.25, 0.3) is 5.91 Å². The summed E-state index contributed by atoms with van der Waals surface area (Å²) in [6.45, 7) is 5.52. The fourth-order valence-electron chi connectivity index (χ4n) is 2.54. The van der Waals surface area contributed by atoms with Crippen LogP contribution in [0.2, 0.25) is 0 Å². The van der Waals surface area contributed by atoms with Crippen molar-refractivity contribution in [3.05, 3.63) is 52.8 Å². The Bertz CT molecular complexity index is 953. The molecule has 1 aromatic carbocycles. The number of carbonyl (C=O) groups excluding carboxylic acids is 1. The molecular formula is C19H20FN3O3. The number of aryl methyl sites for hydroxylation is 3. The Morgan fingerprint density at radius 2 is 2.04 bits per heavy atom. The highest BCUT2D eigenvalue weighted by Gasteiger charge is 2.17. The lowest BCUT2D eigenvalue weighted by atomic mass is 10.2. The molecule has 26 heavy (non-hydrogen) atoms. The van der Waals surface area contributed by atoms with E-state index in [0.717, 1.165) is 11.3 Å². The lowest BCUT2D eigenvalue weighted by Gasteiger charge is -2.09. The zero-order valence-electron chi connectivity index (χ0n) is 14.9. The highest BCUT2D eigenvalue weighted by atomic mass is 19.1. The molecule has 0 unspecified atom stereocenters. The van der Waals surface area contributed by atoms with E-state index in [0.29, 0.717) is 34.8 Å². The summed E-state index contributed by atoms with van der Waals surface area (Å²) < 4.78 is 24.8.